The summed E-state index contributed by atoms with van der Waals surface area (Å²) in [5, 5.41) is 7.22. The van der Waals surface area contributed by atoms with E-state index >= 15 is 0 Å². The maximum Gasteiger partial charge on any atom is 0.325 e. The summed E-state index contributed by atoms with van der Waals surface area (Å²) >= 11 is 6.31. The van der Waals surface area contributed by atoms with Crippen molar-refractivity contribution in [3.05, 3.63) is 16.4 Å². The van der Waals surface area contributed by atoms with Crippen LogP contribution in [0.3, 0.4) is 0 Å². The standard InChI is InChI=1S/C14H18ClN5O3/c1-8-12(13(15)18(2)17-8)9-4-3-5-19(9)11(22)7-20-10(21)6-16-14(20)23/h9H,3-7H2,1-2H3,(H,16,23)/t9-/m0/s1. The molecule has 3 heterocycles. The number of urea groups is 1. The average Bonchev–Trinajstić information content (AvgIpc) is 3.15. The van der Waals surface area contributed by atoms with Crippen LogP contribution in [0, 0.1) is 6.92 Å². The van der Waals surface area contributed by atoms with Crippen molar-refractivity contribution in [3.63, 3.8) is 0 Å². The lowest BCUT2D eigenvalue weighted by Crippen LogP contribution is -2.42. The lowest BCUT2D eigenvalue weighted by Gasteiger charge is -2.26. The highest BCUT2D eigenvalue weighted by molar-refractivity contribution is 6.30. The third kappa shape index (κ3) is 2.67. The Bertz CT molecular complexity index is 670. The van der Waals surface area contributed by atoms with E-state index < -0.39 is 6.03 Å². The molecule has 2 saturated heterocycles. The Morgan fingerprint density at radius 3 is 2.74 bits per heavy atom. The smallest absolute Gasteiger partial charge is 0.325 e. The van der Waals surface area contributed by atoms with Gasteiger partial charge in [-0.15, -0.1) is 0 Å². The Morgan fingerprint density at radius 1 is 1.43 bits per heavy atom. The van der Waals surface area contributed by atoms with Crippen LogP contribution in [0.1, 0.15) is 30.1 Å². The molecule has 0 unspecified atom stereocenters. The molecule has 8 nitrogen and oxygen atoms in total. The Hall–Kier alpha value is -2.09. The van der Waals surface area contributed by atoms with E-state index in [9.17, 15) is 14.4 Å². The highest BCUT2D eigenvalue weighted by Crippen LogP contribution is 2.37. The van der Waals surface area contributed by atoms with E-state index in [0.717, 1.165) is 29.0 Å². The quantitative estimate of drug-likeness (QED) is 0.817. The monoisotopic (exact) mass is 339 g/mol. The van der Waals surface area contributed by atoms with Crippen molar-refractivity contribution in [2.24, 2.45) is 7.05 Å². The second-order valence-electron chi connectivity index (χ2n) is 5.80. The third-order valence-electron chi connectivity index (χ3n) is 4.33. The molecule has 1 aromatic heterocycles. The molecule has 4 amide bonds. The molecule has 0 aromatic carbocycles. The molecule has 0 radical (unpaired) electrons. The summed E-state index contributed by atoms with van der Waals surface area (Å²) in [7, 11) is 1.76. The van der Waals surface area contributed by atoms with Crippen LogP contribution < -0.4 is 5.32 Å². The number of aryl methyl sites for hydroxylation is 2. The van der Waals surface area contributed by atoms with E-state index in [0.29, 0.717) is 11.7 Å². The van der Waals surface area contributed by atoms with Crippen molar-refractivity contribution >= 4 is 29.4 Å². The minimum absolute atomic E-state index is 0.0525. The van der Waals surface area contributed by atoms with Crippen LogP contribution in [0.2, 0.25) is 5.15 Å². The fourth-order valence-electron chi connectivity index (χ4n) is 3.23. The van der Waals surface area contributed by atoms with Gasteiger partial charge in [0.2, 0.25) is 5.91 Å². The zero-order chi connectivity index (χ0) is 16.7. The maximum absolute atomic E-state index is 12.6. The normalized spacial score (nSPS) is 21.3. The Kier molecular flexibility index (Phi) is 4.01. The number of rotatable bonds is 3. The molecule has 0 spiro atoms. The van der Waals surface area contributed by atoms with E-state index in [1.807, 2.05) is 6.92 Å². The number of imide groups is 1. The van der Waals surface area contributed by atoms with E-state index in [1.165, 1.54) is 0 Å². The summed E-state index contributed by atoms with van der Waals surface area (Å²) < 4.78 is 1.59. The lowest BCUT2D eigenvalue weighted by atomic mass is 10.1. The Morgan fingerprint density at radius 2 is 2.17 bits per heavy atom. The van der Waals surface area contributed by atoms with Gasteiger partial charge in [-0.2, -0.15) is 5.10 Å². The predicted octanol–water partition coefficient (Wildman–Crippen LogP) is 0.597. The molecule has 23 heavy (non-hydrogen) atoms. The van der Waals surface area contributed by atoms with Gasteiger partial charge in [0.1, 0.15) is 11.7 Å². The molecular weight excluding hydrogens is 322 g/mol. The van der Waals surface area contributed by atoms with Gasteiger partial charge in [-0.05, 0) is 19.8 Å². The van der Waals surface area contributed by atoms with Gasteiger partial charge in [-0.3, -0.25) is 19.2 Å². The highest BCUT2D eigenvalue weighted by Gasteiger charge is 2.37. The SMILES string of the molecule is Cc1nn(C)c(Cl)c1[C@@H]1CCCN1C(=O)CN1C(=O)CNC1=O. The Balaban J connectivity index is 1.80. The summed E-state index contributed by atoms with van der Waals surface area (Å²) in [4.78, 5) is 38.5. The molecule has 1 N–H and O–H groups in total. The second kappa shape index (κ2) is 5.84. The lowest BCUT2D eigenvalue weighted by molar-refractivity contribution is -0.137. The fraction of sp³-hybridized carbons (Fsp3) is 0.571. The van der Waals surface area contributed by atoms with Gasteiger partial charge in [0.05, 0.1) is 18.3 Å². The van der Waals surface area contributed by atoms with Crippen molar-refractivity contribution < 1.29 is 14.4 Å². The molecule has 2 aliphatic rings. The molecule has 2 fully saturated rings. The number of carbonyl (C=O) groups is 3. The van der Waals surface area contributed by atoms with Crippen molar-refractivity contribution in [1.82, 2.24) is 24.9 Å². The number of nitrogens with one attached hydrogen (secondary N) is 1. The number of likely N-dealkylation sites (tertiary alicyclic amines) is 1. The van der Waals surface area contributed by atoms with Crippen LogP contribution in [-0.4, -0.2) is 57.1 Å². The number of aromatic nitrogens is 2. The van der Waals surface area contributed by atoms with Crippen molar-refractivity contribution in [2.75, 3.05) is 19.6 Å². The number of nitrogens with zero attached hydrogens (tertiary/aromatic N) is 4. The molecule has 0 aliphatic carbocycles. The van der Waals surface area contributed by atoms with E-state index in [1.54, 1.807) is 16.6 Å². The molecule has 0 saturated carbocycles. The summed E-state index contributed by atoms with van der Waals surface area (Å²) in [6.07, 6.45) is 1.64. The molecule has 3 rings (SSSR count). The van der Waals surface area contributed by atoms with Gasteiger partial charge in [-0.25, -0.2) is 4.79 Å². The van der Waals surface area contributed by atoms with E-state index in [-0.39, 0.29) is 30.9 Å². The minimum Gasteiger partial charge on any atom is -0.334 e. The fourth-order valence-corrected chi connectivity index (χ4v) is 3.53. The number of amides is 4. The van der Waals surface area contributed by atoms with Gasteiger partial charge in [0, 0.05) is 19.2 Å². The Labute approximate surface area is 138 Å². The number of hydrogen-bond acceptors (Lipinski definition) is 4. The first-order valence-electron chi connectivity index (χ1n) is 7.46. The first kappa shape index (κ1) is 15.8. The van der Waals surface area contributed by atoms with Crippen molar-refractivity contribution in [2.45, 2.75) is 25.8 Å². The van der Waals surface area contributed by atoms with Crippen LogP contribution in [-0.2, 0) is 16.6 Å². The first-order valence-corrected chi connectivity index (χ1v) is 7.84. The number of hydrogen-bond donors (Lipinski definition) is 1. The number of halogens is 1. The zero-order valence-electron chi connectivity index (χ0n) is 13.0. The van der Waals surface area contributed by atoms with Crippen LogP contribution >= 0.6 is 11.6 Å². The third-order valence-corrected chi connectivity index (χ3v) is 4.78. The van der Waals surface area contributed by atoms with Crippen LogP contribution in [0.5, 0.6) is 0 Å². The van der Waals surface area contributed by atoms with Gasteiger partial charge < -0.3 is 10.2 Å². The highest BCUT2D eigenvalue weighted by atomic mass is 35.5. The van der Waals surface area contributed by atoms with Crippen LogP contribution in [0.25, 0.3) is 0 Å². The number of carbonyl (C=O) groups excluding carboxylic acids is 3. The molecular formula is C14H18ClN5O3. The summed E-state index contributed by atoms with van der Waals surface area (Å²) in [6.45, 7) is 2.15. The summed E-state index contributed by atoms with van der Waals surface area (Å²) in [5.41, 5.74) is 1.63. The molecule has 0 bridgehead atoms. The van der Waals surface area contributed by atoms with E-state index in [2.05, 4.69) is 10.4 Å². The predicted molar refractivity (Wildman–Crippen MR) is 81.8 cm³/mol. The van der Waals surface area contributed by atoms with Gasteiger partial charge >= 0.3 is 6.03 Å². The topological polar surface area (TPSA) is 87.5 Å². The largest absolute Gasteiger partial charge is 0.334 e. The average molecular weight is 340 g/mol. The summed E-state index contributed by atoms with van der Waals surface area (Å²) in [5.74, 6) is -0.632. The maximum atomic E-state index is 12.6. The van der Waals surface area contributed by atoms with Gasteiger partial charge in [-0.1, -0.05) is 11.6 Å². The molecule has 2 aliphatic heterocycles. The van der Waals surface area contributed by atoms with Gasteiger partial charge in [0.15, 0.2) is 0 Å². The zero-order valence-corrected chi connectivity index (χ0v) is 13.8. The van der Waals surface area contributed by atoms with Crippen molar-refractivity contribution in [3.8, 4) is 0 Å². The van der Waals surface area contributed by atoms with E-state index in [4.69, 9.17) is 11.6 Å². The summed E-state index contributed by atoms with van der Waals surface area (Å²) in [6, 6.07) is -0.681. The molecule has 124 valence electrons. The molecule has 1 aromatic rings. The second-order valence-corrected chi connectivity index (χ2v) is 6.16. The van der Waals surface area contributed by atoms with Crippen molar-refractivity contribution in [1.29, 1.82) is 0 Å². The minimum atomic E-state index is -0.519. The van der Waals surface area contributed by atoms with Crippen LogP contribution in [0.4, 0.5) is 4.79 Å². The van der Waals surface area contributed by atoms with Crippen LogP contribution in [0.15, 0.2) is 0 Å². The molecule has 1 atom stereocenters. The first-order chi connectivity index (χ1) is 10.9. The molecule has 9 heteroatoms. The van der Waals surface area contributed by atoms with Gasteiger partial charge in [0.25, 0.3) is 5.91 Å².